The van der Waals surface area contributed by atoms with E-state index in [1.54, 1.807) is 24.3 Å². The van der Waals surface area contributed by atoms with Crippen LogP contribution in [0.5, 0.6) is 0 Å². The van der Waals surface area contributed by atoms with Crippen molar-refractivity contribution in [3.8, 4) is 0 Å². The predicted octanol–water partition coefficient (Wildman–Crippen LogP) is 3.28. The average Bonchev–Trinajstić information content (AvgIpc) is 2.53. The van der Waals surface area contributed by atoms with Gasteiger partial charge in [-0.1, -0.05) is 44.2 Å². The number of carbonyl (C=O) groups is 2. The summed E-state index contributed by atoms with van der Waals surface area (Å²) in [6.45, 7) is 4.18. The molecule has 0 bridgehead atoms. The van der Waals surface area contributed by atoms with Gasteiger partial charge in [-0.2, -0.15) is 0 Å². The fraction of sp³-hybridized carbons (Fsp3) is 0.176. The van der Waals surface area contributed by atoms with Crippen LogP contribution in [0.3, 0.4) is 0 Å². The maximum absolute atomic E-state index is 11.9. The summed E-state index contributed by atoms with van der Waals surface area (Å²) in [5, 5.41) is 2.61. The first kappa shape index (κ1) is 15.6. The summed E-state index contributed by atoms with van der Waals surface area (Å²) in [4.78, 5) is 23.6. The number of anilines is 1. The van der Waals surface area contributed by atoms with Crippen molar-refractivity contribution in [2.24, 2.45) is 0 Å². The molecule has 3 N–H and O–H groups in total. The standard InChI is InChI=1S/C17H19N3O2/c1-12(2)13-8-10-14(11-9-13)16(21)19-20-17(22)18-15-6-4-3-5-7-15/h3-12H,1-2H3,(H,19,21)(H2,18,20,22). The normalized spacial score (nSPS) is 10.1. The summed E-state index contributed by atoms with van der Waals surface area (Å²) < 4.78 is 0. The number of carbonyl (C=O) groups excluding carboxylic acids is 2. The predicted molar refractivity (Wildman–Crippen MR) is 86.6 cm³/mol. The Labute approximate surface area is 129 Å². The minimum absolute atomic E-state index is 0.362. The van der Waals surface area contributed by atoms with Crippen LogP contribution >= 0.6 is 0 Å². The third-order valence-electron chi connectivity index (χ3n) is 3.16. The van der Waals surface area contributed by atoms with Crippen molar-refractivity contribution in [3.63, 3.8) is 0 Å². The summed E-state index contributed by atoms with van der Waals surface area (Å²) in [6.07, 6.45) is 0. The quantitative estimate of drug-likeness (QED) is 0.761. The first-order valence-corrected chi connectivity index (χ1v) is 7.08. The van der Waals surface area contributed by atoms with Crippen LogP contribution in [0.25, 0.3) is 0 Å². The Morgan fingerprint density at radius 1 is 0.864 bits per heavy atom. The van der Waals surface area contributed by atoms with Gasteiger partial charge in [0.15, 0.2) is 0 Å². The van der Waals surface area contributed by atoms with Gasteiger partial charge in [0.05, 0.1) is 0 Å². The summed E-state index contributed by atoms with van der Waals surface area (Å²) in [5.74, 6) is 0.0467. The number of hydrazine groups is 1. The Morgan fingerprint density at radius 3 is 2.09 bits per heavy atom. The van der Waals surface area contributed by atoms with E-state index in [9.17, 15) is 9.59 Å². The Bertz CT molecular complexity index is 637. The van der Waals surface area contributed by atoms with Crippen LogP contribution in [0.1, 0.15) is 35.7 Å². The molecule has 0 saturated carbocycles. The molecule has 0 aliphatic carbocycles. The highest BCUT2D eigenvalue weighted by Gasteiger charge is 2.08. The van der Waals surface area contributed by atoms with E-state index in [-0.39, 0.29) is 5.91 Å². The van der Waals surface area contributed by atoms with Gasteiger partial charge in [-0.15, -0.1) is 0 Å². The van der Waals surface area contributed by atoms with Gasteiger partial charge in [0.2, 0.25) is 0 Å². The monoisotopic (exact) mass is 297 g/mol. The number of para-hydroxylation sites is 1. The van der Waals surface area contributed by atoms with Crippen molar-refractivity contribution in [1.82, 2.24) is 10.9 Å². The Kier molecular flexibility index (Phi) is 5.14. The molecule has 2 rings (SSSR count). The van der Waals surface area contributed by atoms with Gasteiger partial charge in [-0.3, -0.25) is 10.2 Å². The van der Waals surface area contributed by atoms with Gasteiger partial charge < -0.3 is 5.32 Å². The molecule has 0 fully saturated rings. The van der Waals surface area contributed by atoms with Gasteiger partial charge in [0.1, 0.15) is 0 Å². The number of benzene rings is 2. The zero-order valence-electron chi connectivity index (χ0n) is 12.6. The number of nitrogens with one attached hydrogen (secondary N) is 3. The fourth-order valence-corrected chi connectivity index (χ4v) is 1.89. The first-order valence-electron chi connectivity index (χ1n) is 7.08. The first-order chi connectivity index (χ1) is 10.6. The molecule has 3 amide bonds. The van der Waals surface area contributed by atoms with Crippen LogP contribution < -0.4 is 16.2 Å². The lowest BCUT2D eigenvalue weighted by molar-refractivity contribution is 0.0938. The highest BCUT2D eigenvalue weighted by molar-refractivity contribution is 5.97. The van der Waals surface area contributed by atoms with E-state index in [0.717, 1.165) is 5.56 Å². The highest BCUT2D eigenvalue weighted by atomic mass is 16.2. The molecular weight excluding hydrogens is 278 g/mol. The smallest absolute Gasteiger partial charge is 0.307 e. The van der Waals surface area contributed by atoms with Crippen LogP contribution in [0.15, 0.2) is 54.6 Å². The Hall–Kier alpha value is -2.82. The average molecular weight is 297 g/mol. The van der Waals surface area contributed by atoms with Crippen LogP contribution in [0, 0.1) is 0 Å². The summed E-state index contributed by atoms with van der Waals surface area (Å²) in [6, 6.07) is 15.8. The molecule has 0 aliphatic rings. The van der Waals surface area contributed by atoms with E-state index in [1.807, 2.05) is 30.3 Å². The molecule has 0 spiro atoms. The molecule has 0 saturated heterocycles. The fourth-order valence-electron chi connectivity index (χ4n) is 1.89. The molecule has 22 heavy (non-hydrogen) atoms. The molecule has 2 aromatic carbocycles. The van der Waals surface area contributed by atoms with Gasteiger partial charge in [-0.25, -0.2) is 10.2 Å². The molecule has 114 valence electrons. The lowest BCUT2D eigenvalue weighted by Gasteiger charge is -2.10. The van der Waals surface area contributed by atoms with Crippen LogP contribution in [0.4, 0.5) is 10.5 Å². The minimum Gasteiger partial charge on any atom is -0.307 e. The molecule has 2 aromatic rings. The number of hydrogen-bond acceptors (Lipinski definition) is 2. The van der Waals surface area contributed by atoms with Gasteiger partial charge >= 0.3 is 6.03 Å². The molecule has 0 unspecified atom stereocenters. The van der Waals surface area contributed by atoms with Crippen molar-refractivity contribution >= 4 is 17.6 Å². The second kappa shape index (κ2) is 7.26. The van der Waals surface area contributed by atoms with Crippen molar-refractivity contribution in [3.05, 3.63) is 65.7 Å². The largest absolute Gasteiger partial charge is 0.337 e. The number of amides is 3. The van der Waals surface area contributed by atoms with Crippen LogP contribution in [-0.2, 0) is 0 Å². The van der Waals surface area contributed by atoms with Crippen molar-refractivity contribution in [2.75, 3.05) is 5.32 Å². The van der Waals surface area contributed by atoms with Crippen molar-refractivity contribution < 1.29 is 9.59 Å². The van der Waals surface area contributed by atoms with E-state index in [0.29, 0.717) is 17.2 Å². The van der Waals surface area contributed by atoms with E-state index < -0.39 is 6.03 Å². The molecule has 5 nitrogen and oxygen atoms in total. The number of urea groups is 1. The lowest BCUT2D eigenvalue weighted by Crippen LogP contribution is -2.43. The van der Waals surface area contributed by atoms with Crippen molar-refractivity contribution in [2.45, 2.75) is 19.8 Å². The number of hydrogen-bond donors (Lipinski definition) is 3. The lowest BCUT2D eigenvalue weighted by atomic mass is 10.0. The van der Waals surface area contributed by atoms with Gasteiger partial charge in [-0.05, 0) is 35.7 Å². The molecule has 0 aliphatic heterocycles. The maximum Gasteiger partial charge on any atom is 0.337 e. The molecule has 0 heterocycles. The van der Waals surface area contributed by atoms with Crippen LogP contribution in [-0.4, -0.2) is 11.9 Å². The topological polar surface area (TPSA) is 70.2 Å². The maximum atomic E-state index is 11.9. The number of rotatable bonds is 3. The Morgan fingerprint density at radius 2 is 1.50 bits per heavy atom. The van der Waals surface area contributed by atoms with Gasteiger partial charge in [0.25, 0.3) is 5.91 Å². The SMILES string of the molecule is CC(C)c1ccc(C(=O)NNC(=O)Nc2ccccc2)cc1. The van der Waals surface area contributed by atoms with E-state index >= 15 is 0 Å². The second-order valence-electron chi connectivity index (χ2n) is 5.18. The molecule has 5 heteroatoms. The molecule has 0 radical (unpaired) electrons. The minimum atomic E-state index is -0.502. The van der Waals surface area contributed by atoms with Crippen LogP contribution in [0.2, 0.25) is 0 Å². The Balaban J connectivity index is 1.85. The summed E-state index contributed by atoms with van der Waals surface area (Å²) >= 11 is 0. The highest BCUT2D eigenvalue weighted by Crippen LogP contribution is 2.14. The van der Waals surface area contributed by atoms with E-state index in [4.69, 9.17) is 0 Å². The third-order valence-corrected chi connectivity index (χ3v) is 3.16. The molecular formula is C17H19N3O2. The van der Waals surface area contributed by atoms with Gasteiger partial charge in [0, 0.05) is 11.3 Å². The zero-order valence-corrected chi connectivity index (χ0v) is 12.6. The summed E-state index contributed by atoms with van der Waals surface area (Å²) in [7, 11) is 0. The zero-order chi connectivity index (χ0) is 15.9. The second-order valence-corrected chi connectivity index (χ2v) is 5.18. The molecule has 0 aromatic heterocycles. The van der Waals surface area contributed by atoms with E-state index in [1.165, 1.54) is 0 Å². The van der Waals surface area contributed by atoms with E-state index in [2.05, 4.69) is 30.0 Å². The molecule has 0 atom stereocenters. The third kappa shape index (κ3) is 4.34. The van der Waals surface area contributed by atoms with Crippen molar-refractivity contribution in [1.29, 1.82) is 0 Å². The summed E-state index contributed by atoms with van der Waals surface area (Å²) in [5.41, 5.74) is 6.98.